The van der Waals surface area contributed by atoms with Gasteiger partial charge in [0.25, 0.3) is 0 Å². The first-order chi connectivity index (χ1) is 9.29. The van der Waals surface area contributed by atoms with Crippen molar-refractivity contribution in [1.82, 2.24) is 4.90 Å². The summed E-state index contributed by atoms with van der Waals surface area (Å²) < 4.78 is 0. The van der Waals surface area contributed by atoms with Crippen LogP contribution in [0.25, 0.3) is 0 Å². The van der Waals surface area contributed by atoms with Crippen LogP contribution in [0.5, 0.6) is 0 Å². The normalized spacial score (nSPS) is 17.0. The predicted octanol–water partition coefficient (Wildman–Crippen LogP) is 3.21. The average Bonchev–Trinajstić information content (AvgIpc) is 2.68. The van der Waals surface area contributed by atoms with E-state index < -0.39 is 0 Å². The van der Waals surface area contributed by atoms with E-state index in [1.807, 2.05) is 11.3 Å². The Balaban J connectivity index is 1.90. The molecule has 1 aliphatic rings. The molecule has 1 aliphatic carbocycles. The van der Waals surface area contributed by atoms with Crippen LogP contribution >= 0.6 is 11.3 Å². The first kappa shape index (κ1) is 14.6. The molecule has 2 nitrogen and oxygen atoms in total. The Labute approximate surface area is 121 Å². The minimum atomic E-state index is 0.438. The molecule has 1 fully saturated rings. The topological polar surface area (TPSA) is 29.3 Å². The molecule has 0 aliphatic heterocycles. The molecule has 104 valence electrons. The third kappa shape index (κ3) is 4.65. The van der Waals surface area contributed by atoms with Gasteiger partial charge in [0, 0.05) is 28.4 Å². The number of hydrogen-bond acceptors (Lipinski definition) is 3. The van der Waals surface area contributed by atoms with Gasteiger partial charge in [-0.15, -0.1) is 11.3 Å². The van der Waals surface area contributed by atoms with Crippen LogP contribution in [0.15, 0.2) is 11.4 Å². The maximum absolute atomic E-state index is 5.40. The highest BCUT2D eigenvalue weighted by Gasteiger charge is 2.17. The maximum atomic E-state index is 5.40. The van der Waals surface area contributed by atoms with Crippen LogP contribution in [0.2, 0.25) is 0 Å². The summed E-state index contributed by atoms with van der Waals surface area (Å²) in [7, 11) is 2.26. The first-order valence-corrected chi connectivity index (χ1v) is 8.14. The smallest absolute Gasteiger partial charge is 0.0555 e. The van der Waals surface area contributed by atoms with Gasteiger partial charge < -0.3 is 5.73 Å². The largest absolute Gasteiger partial charge is 0.320 e. The van der Waals surface area contributed by atoms with Gasteiger partial charge >= 0.3 is 0 Å². The molecule has 0 amide bonds. The van der Waals surface area contributed by atoms with Crippen LogP contribution < -0.4 is 5.73 Å². The third-order valence-electron chi connectivity index (χ3n) is 3.84. The fourth-order valence-corrected chi connectivity index (χ4v) is 3.63. The maximum Gasteiger partial charge on any atom is 0.0555 e. The lowest BCUT2D eigenvalue weighted by Gasteiger charge is -2.26. The minimum Gasteiger partial charge on any atom is -0.320 e. The molecule has 0 atom stereocenters. The molecule has 2 rings (SSSR count). The molecular formula is C16H24N2S. The summed E-state index contributed by atoms with van der Waals surface area (Å²) in [4.78, 5) is 3.94. The van der Waals surface area contributed by atoms with E-state index in [2.05, 4.69) is 35.2 Å². The lowest BCUT2D eigenvalue weighted by atomic mass is 10.1. The standard InChI is InChI=1S/C16H24N2S/c1-18(15-8-4-2-3-5-9-15)12-16-11-14(13-19-16)7-6-10-17/h11,13,15H,2-5,8-10,12,17H2,1H3. The summed E-state index contributed by atoms with van der Waals surface area (Å²) in [6.07, 6.45) is 8.35. The van der Waals surface area contributed by atoms with Crippen molar-refractivity contribution in [3.8, 4) is 11.8 Å². The fraction of sp³-hybridized carbons (Fsp3) is 0.625. The van der Waals surface area contributed by atoms with Crippen molar-refractivity contribution in [1.29, 1.82) is 0 Å². The Hall–Kier alpha value is -0.820. The van der Waals surface area contributed by atoms with E-state index in [1.54, 1.807) is 0 Å². The van der Waals surface area contributed by atoms with E-state index in [0.29, 0.717) is 6.54 Å². The Morgan fingerprint density at radius 1 is 1.32 bits per heavy atom. The summed E-state index contributed by atoms with van der Waals surface area (Å²) in [6.45, 7) is 1.49. The zero-order valence-electron chi connectivity index (χ0n) is 11.8. The molecule has 1 aromatic heterocycles. The van der Waals surface area contributed by atoms with Gasteiger partial charge in [-0.2, -0.15) is 0 Å². The molecule has 0 spiro atoms. The number of nitrogens with zero attached hydrogens (tertiary/aromatic N) is 1. The summed E-state index contributed by atoms with van der Waals surface area (Å²) in [5.41, 5.74) is 6.51. The molecule has 1 saturated carbocycles. The Morgan fingerprint density at radius 2 is 2.05 bits per heavy atom. The zero-order valence-corrected chi connectivity index (χ0v) is 12.6. The summed E-state index contributed by atoms with van der Waals surface area (Å²) in [6, 6.07) is 2.98. The first-order valence-electron chi connectivity index (χ1n) is 7.26. The van der Waals surface area contributed by atoms with E-state index in [9.17, 15) is 0 Å². The second-order valence-electron chi connectivity index (χ2n) is 5.37. The molecule has 2 N–H and O–H groups in total. The highest BCUT2D eigenvalue weighted by atomic mass is 32.1. The van der Waals surface area contributed by atoms with Gasteiger partial charge in [-0.1, -0.05) is 37.5 Å². The quantitative estimate of drug-likeness (QED) is 0.678. The van der Waals surface area contributed by atoms with Crippen molar-refractivity contribution in [3.05, 3.63) is 21.9 Å². The van der Waals surface area contributed by atoms with Gasteiger partial charge in [0.2, 0.25) is 0 Å². The summed E-state index contributed by atoms with van der Waals surface area (Å²) in [5, 5.41) is 2.14. The van der Waals surface area contributed by atoms with E-state index in [4.69, 9.17) is 5.73 Å². The van der Waals surface area contributed by atoms with Crippen LogP contribution in [0.3, 0.4) is 0 Å². The fourth-order valence-electron chi connectivity index (χ4n) is 2.76. The highest BCUT2D eigenvalue weighted by Crippen LogP contribution is 2.23. The molecule has 3 heteroatoms. The Morgan fingerprint density at radius 3 is 2.74 bits per heavy atom. The van der Waals surface area contributed by atoms with Gasteiger partial charge in [-0.05, 0) is 26.0 Å². The van der Waals surface area contributed by atoms with Crippen LogP contribution in [-0.2, 0) is 6.54 Å². The van der Waals surface area contributed by atoms with Gasteiger partial charge in [-0.25, -0.2) is 0 Å². The van der Waals surface area contributed by atoms with Crippen molar-refractivity contribution in [2.45, 2.75) is 51.1 Å². The number of rotatable bonds is 3. The molecule has 0 radical (unpaired) electrons. The van der Waals surface area contributed by atoms with E-state index in [1.165, 1.54) is 43.4 Å². The number of nitrogens with two attached hydrogens (primary N) is 1. The van der Waals surface area contributed by atoms with Crippen molar-refractivity contribution >= 4 is 11.3 Å². The van der Waals surface area contributed by atoms with Crippen molar-refractivity contribution < 1.29 is 0 Å². The van der Waals surface area contributed by atoms with Crippen LogP contribution in [0, 0.1) is 11.8 Å². The SMILES string of the molecule is CN(Cc1cc(C#CCN)cs1)C1CCCCCC1. The molecule has 1 heterocycles. The van der Waals surface area contributed by atoms with Crippen molar-refractivity contribution in [3.63, 3.8) is 0 Å². The molecule has 0 unspecified atom stereocenters. The second kappa shape index (κ2) is 7.69. The molecule has 1 aromatic rings. The molecular weight excluding hydrogens is 252 g/mol. The summed E-state index contributed by atoms with van der Waals surface area (Å²) >= 11 is 1.81. The van der Waals surface area contributed by atoms with Crippen LogP contribution in [0.4, 0.5) is 0 Å². The van der Waals surface area contributed by atoms with E-state index in [-0.39, 0.29) is 0 Å². The third-order valence-corrected chi connectivity index (χ3v) is 4.76. The lowest BCUT2D eigenvalue weighted by Crippen LogP contribution is -2.30. The second-order valence-corrected chi connectivity index (χ2v) is 6.36. The van der Waals surface area contributed by atoms with E-state index in [0.717, 1.165) is 18.2 Å². The monoisotopic (exact) mass is 276 g/mol. The van der Waals surface area contributed by atoms with Crippen LogP contribution in [-0.4, -0.2) is 24.5 Å². The molecule has 0 saturated heterocycles. The Kier molecular flexibility index (Phi) is 5.91. The van der Waals surface area contributed by atoms with E-state index >= 15 is 0 Å². The molecule has 19 heavy (non-hydrogen) atoms. The van der Waals surface area contributed by atoms with Gasteiger partial charge in [0.15, 0.2) is 0 Å². The van der Waals surface area contributed by atoms with Gasteiger partial charge in [0.05, 0.1) is 6.54 Å². The van der Waals surface area contributed by atoms with Crippen molar-refractivity contribution in [2.75, 3.05) is 13.6 Å². The minimum absolute atomic E-state index is 0.438. The highest BCUT2D eigenvalue weighted by molar-refractivity contribution is 7.10. The average molecular weight is 276 g/mol. The predicted molar refractivity (Wildman–Crippen MR) is 83.2 cm³/mol. The van der Waals surface area contributed by atoms with Gasteiger partial charge in [-0.3, -0.25) is 4.90 Å². The van der Waals surface area contributed by atoms with Gasteiger partial charge in [0.1, 0.15) is 0 Å². The Bertz CT molecular complexity index is 433. The van der Waals surface area contributed by atoms with Crippen LogP contribution in [0.1, 0.15) is 49.0 Å². The van der Waals surface area contributed by atoms with Crippen molar-refractivity contribution in [2.24, 2.45) is 5.73 Å². The zero-order chi connectivity index (χ0) is 13.5. The lowest BCUT2D eigenvalue weighted by molar-refractivity contribution is 0.215. The number of hydrogen-bond donors (Lipinski definition) is 1. The number of thiophene rings is 1. The molecule has 0 bridgehead atoms. The summed E-state index contributed by atoms with van der Waals surface area (Å²) in [5.74, 6) is 6.02. The molecule has 0 aromatic carbocycles.